The maximum atomic E-state index is 10.7. The van der Waals surface area contributed by atoms with E-state index in [-0.39, 0.29) is 5.69 Å². The number of nitrogens with zero attached hydrogens (tertiary/aromatic N) is 2. The Hall–Kier alpha value is -1.01. The third kappa shape index (κ3) is 2.74. The molecule has 14 heavy (non-hydrogen) atoms. The molecule has 0 aliphatic heterocycles. The van der Waals surface area contributed by atoms with E-state index in [1.54, 1.807) is 7.11 Å². The van der Waals surface area contributed by atoms with Crippen molar-refractivity contribution in [1.29, 1.82) is 0 Å². The molecule has 5 nitrogen and oxygen atoms in total. The van der Waals surface area contributed by atoms with Crippen LogP contribution in [0.4, 0.5) is 0 Å². The van der Waals surface area contributed by atoms with Gasteiger partial charge >= 0.3 is 5.97 Å². The average molecular weight is 261 g/mol. The number of rotatable bonds is 4. The van der Waals surface area contributed by atoms with Crippen molar-refractivity contribution in [1.82, 2.24) is 9.97 Å². The molecule has 1 N–H and O–H groups in total. The molecule has 1 aromatic rings. The first-order valence-electron chi connectivity index (χ1n) is 3.88. The Morgan fingerprint density at radius 2 is 2.43 bits per heavy atom. The number of hydrogen-bond donors (Lipinski definition) is 1. The molecule has 0 saturated heterocycles. The van der Waals surface area contributed by atoms with Crippen molar-refractivity contribution in [2.45, 2.75) is 6.42 Å². The molecule has 0 radical (unpaired) electrons. The molecule has 0 bridgehead atoms. The van der Waals surface area contributed by atoms with Crippen LogP contribution in [0.1, 0.15) is 16.3 Å². The first-order valence-corrected chi connectivity index (χ1v) is 4.68. The molecule has 0 aliphatic rings. The molecular weight excluding hydrogens is 252 g/mol. The molecule has 0 fully saturated rings. The maximum Gasteiger partial charge on any atom is 0.355 e. The zero-order valence-electron chi connectivity index (χ0n) is 7.53. The predicted molar refractivity (Wildman–Crippen MR) is 52.3 cm³/mol. The van der Waals surface area contributed by atoms with Crippen LogP contribution in [0.2, 0.25) is 0 Å². The van der Waals surface area contributed by atoms with Gasteiger partial charge in [0.15, 0.2) is 5.69 Å². The van der Waals surface area contributed by atoms with Crippen LogP contribution < -0.4 is 0 Å². The van der Waals surface area contributed by atoms with Crippen LogP contribution in [0.5, 0.6) is 0 Å². The molecule has 1 rings (SSSR count). The van der Waals surface area contributed by atoms with E-state index in [1.165, 1.54) is 6.20 Å². The molecule has 0 atom stereocenters. The van der Waals surface area contributed by atoms with Gasteiger partial charge < -0.3 is 9.84 Å². The summed E-state index contributed by atoms with van der Waals surface area (Å²) in [5.74, 6) is -0.606. The number of halogens is 1. The van der Waals surface area contributed by atoms with Crippen molar-refractivity contribution in [2.24, 2.45) is 0 Å². The van der Waals surface area contributed by atoms with Crippen molar-refractivity contribution >= 4 is 21.9 Å². The van der Waals surface area contributed by atoms with Crippen molar-refractivity contribution in [3.8, 4) is 0 Å². The summed E-state index contributed by atoms with van der Waals surface area (Å²) < 4.78 is 5.22. The zero-order valence-corrected chi connectivity index (χ0v) is 9.11. The predicted octanol–water partition coefficient (Wildman–Crippen LogP) is 1.13. The van der Waals surface area contributed by atoms with Crippen LogP contribution >= 0.6 is 15.9 Å². The third-order valence-electron chi connectivity index (χ3n) is 1.53. The summed E-state index contributed by atoms with van der Waals surface area (Å²) in [6.45, 7) is 0.473. The highest BCUT2D eigenvalue weighted by molar-refractivity contribution is 9.10. The summed E-state index contributed by atoms with van der Waals surface area (Å²) in [5.41, 5.74) is -0.0221. The highest BCUT2D eigenvalue weighted by atomic mass is 79.9. The van der Waals surface area contributed by atoms with Crippen LogP contribution in [0, 0.1) is 0 Å². The number of carbonyl (C=O) groups is 1. The van der Waals surface area contributed by atoms with E-state index in [0.29, 0.717) is 23.3 Å². The van der Waals surface area contributed by atoms with Gasteiger partial charge in [0.2, 0.25) is 0 Å². The fourth-order valence-corrected chi connectivity index (χ4v) is 1.23. The normalized spacial score (nSPS) is 10.1. The fourth-order valence-electron chi connectivity index (χ4n) is 0.867. The number of aromatic carboxylic acids is 1. The molecule has 0 saturated carbocycles. The van der Waals surface area contributed by atoms with Crippen LogP contribution in [0.15, 0.2) is 10.7 Å². The number of aromatic nitrogens is 2. The Morgan fingerprint density at radius 1 is 1.71 bits per heavy atom. The summed E-state index contributed by atoms with van der Waals surface area (Å²) in [5, 5.41) is 8.76. The summed E-state index contributed by atoms with van der Waals surface area (Å²) >= 11 is 3.06. The van der Waals surface area contributed by atoms with Gasteiger partial charge in [0, 0.05) is 19.7 Å². The molecule has 0 unspecified atom stereocenters. The first-order chi connectivity index (χ1) is 6.65. The van der Waals surface area contributed by atoms with Gasteiger partial charge in [-0.15, -0.1) is 0 Å². The summed E-state index contributed by atoms with van der Waals surface area (Å²) in [7, 11) is 1.57. The van der Waals surface area contributed by atoms with E-state index in [1.807, 2.05) is 0 Å². The smallest absolute Gasteiger partial charge is 0.355 e. The Bertz CT molecular complexity index is 343. The molecular formula is C8H9BrN2O3. The SMILES string of the molecule is COCCc1ncc(Br)c(C(=O)O)n1. The van der Waals surface area contributed by atoms with Gasteiger partial charge in [-0.2, -0.15) is 0 Å². The molecule has 6 heteroatoms. The lowest BCUT2D eigenvalue weighted by Gasteiger charge is -2.01. The van der Waals surface area contributed by atoms with Crippen LogP contribution in [0.25, 0.3) is 0 Å². The Labute approximate surface area is 89.3 Å². The average Bonchev–Trinajstić information content (AvgIpc) is 2.16. The van der Waals surface area contributed by atoms with E-state index >= 15 is 0 Å². The monoisotopic (exact) mass is 260 g/mol. The summed E-state index contributed by atoms with van der Waals surface area (Å²) in [6.07, 6.45) is 1.94. The standard InChI is InChI=1S/C8H9BrN2O3/c1-14-3-2-6-10-4-5(9)7(11-6)8(12)13/h4H,2-3H2,1H3,(H,12,13). The molecule has 0 aliphatic carbocycles. The fraction of sp³-hybridized carbons (Fsp3) is 0.375. The summed E-state index contributed by atoms with van der Waals surface area (Å²) in [6, 6.07) is 0. The van der Waals surface area contributed by atoms with Crippen LogP contribution in [-0.2, 0) is 11.2 Å². The second-order valence-electron chi connectivity index (χ2n) is 2.53. The van der Waals surface area contributed by atoms with E-state index in [4.69, 9.17) is 9.84 Å². The van der Waals surface area contributed by atoms with E-state index in [2.05, 4.69) is 25.9 Å². The Kier molecular flexibility index (Phi) is 3.97. The quantitative estimate of drug-likeness (QED) is 0.879. The number of carboxylic acids is 1. The highest BCUT2D eigenvalue weighted by Crippen LogP contribution is 2.13. The lowest BCUT2D eigenvalue weighted by atomic mass is 10.3. The van der Waals surface area contributed by atoms with Gasteiger partial charge in [0.1, 0.15) is 5.82 Å². The topological polar surface area (TPSA) is 72.3 Å². The number of ether oxygens (including phenoxy) is 1. The van der Waals surface area contributed by atoms with E-state index < -0.39 is 5.97 Å². The largest absolute Gasteiger partial charge is 0.476 e. The first kappa shape index (κ1) is 11.1. The third-order valence-corrected chi connectivity index (χ3v) is 2.11. The van der Waals surface area contributed by atoms with Crippen molar-refractivity contribution in [3.05, 3.63) is 22.2 Å². The van der Waals surface area contributed by atoms with Crippen LogP contribution in [0.3, 0.4) is 0 Å². The highest BCUT2D eigenvalue weighted by Gasteiger charge is 2.11. The van der Waals surface area contributed by atoms with Crippen LogP contribution in [-0.4, -0.2) is 34.8 Å². The second kappa shape index (κ2) is 5.02. The minimum Gasteiger partial charge on any atom is -0.476 e. The number of hydrogen-bond acceptors (Lipinski definition) is 4. The van der Waals surface area contributed by atoms with Gasteiger partial charge in [-0.3, -0.25) is 0 Å². The van der Waals surface area contributed by atoms with Crippen molar-refractivity contribution in [2.75, 3.05) is 13.7 Å². The minimum absolute atomic E-state index is 0.0221. The molecule has 0 spiro atoms. The van der Waals surface area contributed by atoms with Crippen molar-refractivity contribution < 1.29 is 14.6 Å². The number of carboxylic acid groups (broad SMARTS) is 1. The lowest BCUT2D eigenvalue weighted by molar-refractivity contribution is 0.0688. The van der Waals surface area contributed by atoms with E-state index in [9.17, 15) is 4.79 Å². The van der Waals surface area contributed by atoms with Gasteiger partial charge in [-0.05, 0) is 15.9 Å². The zero-order chi connectivity index (χ0) is 10.6. The molecule has 0 aromatic carbocycles. The summed E-state index contributed by atoms with van der Waals surface area (Å²) in [4.78, 5) is 18.5. The molecule has 0 amide bonds. The Morgan fingerprint density at radius 3 is 3.00 bits per heavy atom. The molecule has 1 heterocycles. The maximum absolute atomic E-state index is 10.7. The van der Waals surface area contributed by atoms with Gasteiger partial charge in [-0.1, -0.05) is 0 Å². The van der Waals surface area contributed by atoms with Gasteiger partial charge in [0.05, 0.1) is 11.1 Å². The molecule has 76 valence electrons. The van der Waals surface area contributed by atoms with E-state index in [0.717, 1.165) is 0 Å². The van der Waals surface area contributed by atoms with Gasteiger partial charge in [-0.25, -0.2) is 14.8 Å². The van der Waals surface area contributed by atoms with Crippen molar-refractivity contribution in [3.63, 3.8) is 0 Å². The molecule has 1 aromatic heterocycles. The number of methoxy groups -OCH3 is 1. The second-order valence-corrected chi connectivity index (χ2v) is 3.39. The van der Waals surface area contributed by atoms with Gasteiger partial charge in [0.25, 0.3) is 0 Å². The Balaban J connectivity index is 2.89. The lowest BCUT2D eigenvalue weighted by Crippen LogP contribution is -2.08. The minimum atomic E-state index is -1.07.